The molecule has 1 amide bonds. The van der Waals surface area contributed by atoms with Crippen LogP contribution in [0.2, 0.25) is 0 Å². The minimum atomic E-state index is -1.24. The number of likely N-dealkylation sites (tertiary alicyclic amines) is 1. The third-order valence-electron chi connectivity index (χ3n) is 5.14. The summed E-state index contributed by atoms with van der Waals surface area (Å²) in [6.07, 6.45) is 3.90. The maximum absolute atomic E-state index is 12.6. The predicted molar refractivity (Wildman–Crippen MR) is 97.0 cm³/mol. The Bertz CT molecular complexity index is 740. The van der Waals surface area contributed by atoms with E-state index >= 15 is 0 Å². The van der Waals surface area contributed by atoms with E-state index in [1.54, 1.807) is 11.3 Å². The summed E-state index contributed by atoms with van der Waals surface area (Å²) in [6, 6.07) is 8.54. The number of nitrogens with zero attached hydrogens (tertiary/aromatic N) is 1. The fraction of sp³-hybridized carbons (Fsp3) is 0.526. The molecule has 2 N–H and O–H groups in total. The molecular formula is C19H24N2O2S. The summed E-state index contributed by atoms with van der Waals surface area (Å²) in [7, 11) is 0. The van der Waals surface area contributed by atoms with E-state index in [1.165, 1.54) is 28.5 Å². The Morgan fingerprint density at radius 1 is 1.33 bits per heavy atom. The van der Waals surface area contributed by atoms with Crippen LogP contribution in [0.5, 0.6) is 0 Å². The summed E-state index contributed by atoms with van der Waals surface area (Å²) in [4.78, 5) is 14.5. The molecule has 128 valence electrons. The lowest BCUT2D eigenvalue weighted by atomic mass is 9.91. The SMILES string of the molecule is O=C1N(CC2CC2)CCC[C@@]1(O)CNCc1ccc2sccc2c1. The molecule has 0 unspecified atom stereocenters. The number of benzene rings is 1. The Kier molecular flexibility index (Phi) is 4.33. The molecular weight excluding hydrogens is 320 g/mol. The number of hydrogen-bond donors (Lipinski definition) is 2. The van der Waals surface area contributed by atoms with Gasteiger partial charge in [0.25, 0.3) is 5.91 Å². The van der Waals surface area contributed by atoms with Crippen molar-refractivity contribution < 1.29 is 9.90 Å². The highest BCUT2D eigenvalue weighted by molar-refractivity contribution is 7.17. The quantitative estimate of drug-likeness (QED) is 0.847. The summed E-state index contributed by atoms with van der Waals surface area (Å²) in [5.41, 5.74) is -0.0535. The van der Waals surface area contributed by atoms with E-state index < -0.39 is 5.60 Å². The van der Waals surface area contributed by atoms with Gasteiger partial charge in [0, 0.05) is 30.9 Å². The van der Waals surface area contributed by atoms with E-state index in [1.807, 2.05) is 4.90 Å². The molecule has 5 heteroatoms. The largest absolute Gasteiger partial charge is 0.379 e. The van der Waals surface area contributed by atoms with E-state index in [0.29, 0.717) is 25.4 Å². The molecule has 2 heterocycles. The molecule has 2 fully saturated rings. The third kappa shape index (κ3) is 3.34. The molecule has 0 bridgehead atoms. The molecule has 1 saturated heterocycles. The summed E-state index contributed by atoms with van der Waals surface area (Å²) in [5.74, 6) is 0.586. The molecule has 1 aromatic carbocycles. The second-order valence-corrected chi connectivity index (χ2v) is 8.17. The molecule has 1 atom stereocenters. The van der Waals surface area contributed by atoms with Gasteiger partial charge in [-0.2, -0.15) is 0 Å². The third-order valence-corrected chi connectivity index (χ3v) is 6.04. The highest BCUT2D eigenvalue weighted by atomic mass is 32.1. The van der Waals surface area contributed by atoms with E-state index in [9.17, 15) is 9.90 Å². The molecule has 1 aromatic heterocycles. The lowest BCUT2D eigenvalue weighted by Gasteiger charge is -2.38. The number of amides is 1. The molecule has 24 heavy (non-hydrogen) atoms. The van der Waals surface area contributed by atoms with Crippen LogP contribution in [0, 0.1) is 5.92 Å². The fourth-order valence-electron chi connectivity index (χ4n) is 3.56. The van der Waals surface area contributed by atoms with Crippen molar-refractivity contribution in [3.8, 4) is 0 Å². The van der Waals surface area contributed by atoms with E-state index in [4.69, 9.17) is 0 Å². The number of piperidine rings is 1. The van der Waals surface area contributed by atoms with Gasteiger partial charge in [-0.1, -0.05) is 6.07 Å². The highest BCUT2D eigenvalue weighted by Crippen LogP contribution is 2.32. The first-order chi connectivity index (χ1) is 11.6. The average molecular weight is 344 g/mol. The standard InChI is InChI=1S/C19H24N2O2S/c22-18-19(23,7-1-8-21(18)12-14-2-3-14)13-20-11-15-4-5-17-16(10-15)6-9-24-17/h4-6,9-10,14,20,23H,1-3,7-8,11-13H2/t19-/m1/s1. The number of aliphatic hydroxyl groups is 1. The fourth-order valence-corrected chi connectivity index (χ4v) is 4.33. The molecule has 1 saturated carbocycles. The van der Waals surface area contributed by atoms with Gasteiger partial charge >= 0.3 is 0 Å². The Morgan fingerprint density at radius 2 is 2.21 bits per heavy atom. The lowest BCUT2D eigenvalue weighted by molar-refractivity contribution is -0.156. The van der Waals surface area contributed by atoms with Crippen LogP contribution in [-0.4, -0.2) is 41.1 Å². The number of carbonyl (C=O) groups is 1. The number of hydrogen-bond acceptors (Lipinski definition) is 4. The first-order valence-electron chi connectivity index (χ1n) is 8.83. The molecule has 4 rings (SSSR count). The summed E-state index contributed by atoms with van der Waals surface area (Å²) in [6.45, 7) is 2.63. The van der Waals surface area contributed by atoms with Crippen molar-refractivity contribution in [2.24, 2.45) is 5.92 Å². The van der Waals surface area contributed by atoms with Crippen molar-refractivity contribution in [2.75, 3.05) is 19.6 Å². The van der Waals surface area contributed by atoms with Gasteiger partial charge in [0.15, 0.2) is 5.60 Å². The molecule has 0 spiro atoms. The van der Waals surface area contributed by atoms with Crippen molar-refractivity contribution >= 4 is 27.3 Å². The van der Waals surface area contributed by atoms with Gasteiger partial charge in [-0.25, -0.2) is 0 Å². The minimum Gasteiger partial charge on any atom is -0.379 e. The highest BCUT2D eigenvalue weighted by Gasteiger charge is 2.43. The van der Waals surface area contributed by atoms with E-state index in [0.717, 1.165) is 19.5 Å². The van der Waals surface area contributed by atoms with Crippen LogP contribution in [0.15, 0.2) is 29.6 Å². The minimum absolute atomic E-state index is 0.0820. The summed E-state index contributed by atoms with van der Waals surface area (Å²) < 4.78 is 1.29. The van der Waals surface area contributed by atoms with Crippen LogP contribution in [0.1, 0.15) is 31.2 Å². The first-order valence-corrected chi connectivity index (χ1v) is 9.71. The molecule has 0 radical (unpaired) electrons. The van der Waals surface area contributed by atoms with Gasteiger partial charge in [0.05, 0.1) is 0 Å². The van der Waals surface area contributed by atoms with Crippen LogP contribution >= 0.6 is 11.3 Å². The Balaban J connectivity index is 1.35. The van der Waals surface area contributed by atoms with Crippen LogP contribution in [0.25, 0.3) is 10.1 Å². The van der Waals surface area contributed by atoms with Crippen molar-refractivity contribution in [3.63, 3.8) is 0 Å². The van der Waals surface area contributed by atoms with Crippen molar-refractivity contribution in [1.29, 1.82) is 0 Å². The second-order valence-electron chi connectivity index (χ2n) is 7.23. The lowest BCUT2D eigenvalue weighted by Crippen LogP contribution is -2.58. The zero-order valence-corrected chi connectivity index (χ0v) is 14.6. The van der Waals surface area contributed by atoms with Gasteiger partial charge < -0.3 is 15.3 Å². The summed E-state index contributed by atoms with van der Waals surface area (Å²) >= 11 is 1.74. The van der Waals surface area contributed by atoms with Crippen molar-refractivity contribution in [2.45, 2.75) is 37.8 Å². The topological polar surface area (TPSA) is 52.6 Å². The van der Waals surface area contributed by atoms with Crippen molar-refractivity contribution in [3.05, 3.63) is 35.2 Å². The maximum Gasteiger partial charge on any atom is 0.255 e. The van der Waals surface area contributed by atoms with Gasteiger partial charge in [-0.3, -0.25) is 4.79 Å². The van der Waals surface area contributed by atoms with E-state index in [-0.39, 0.29) is 5.91 Å². The zero-order chi connectivity index (χ0) is 16.6. The maximum atomic E-state index is 12.6. The Hall–Kier alpha value is -1.43. The number of rotatable bonds is 6. The van der Waals surface area contributed by atoms with E-state index in [2.05, 4.69) is 35.0 Å². The number of nitrogens with one attached hydrogen (secondary N) is 1. The Morgan fingerprint density at radius 3 is 3.04 bits per heavy atom. The van der Waals surface area contributed by atoms with Crippen LogP contribution < -0.4 is 5.32 Å². The summed E-state index contributed by atoms with van der Waals surface area (Å²) in [5, 5.41) is 17.5. The monoisotopic (exact) mass is 344 g/mol. The molecule has 2 aromatic rings. The Labute approximate surface area is 146 Å². The van der Waals surface area contributed by atoms with Gasteiger partial charge in [-0.05, 0) is 66.1 Å². The molecule has 4 nitrogen and oxygen atoms in total. The van der Waals surface area contributed by atoms with Gasteiger partial charge in [-0.15, -0.1) is 11.3 Å². The number of carbonyl (C=O) groups excluding carboxylic acids is 1. The molecule has 1 aliphatic heterocycles. The molecule has 2 aliphatic rings. The molecule has 1 aliphatic carbocycles. The van der Waals surface area contributed by atoms with Crippen LogP contribution in [0.3, 0.4) is 0 Å². The predicted octanol–water partition coefficient (Wildman–Crippen LogP) is 2.75. The smallest absolute Gasteiger partial charge is 0.255 e. The number of thiophene rings is 1. The normalized spacial score (nSPS) is 24.7. The van der Waals surface area contributed by atoms with Gasteiger partial charge in [0.1, 0.15) is 0 Å². The second kappa shape index (κ2) is 6.47. The zero-order valence-electron chi connectivity index (χ0n) is 13.8. The van der Waals surface area contributed by atoms with Crippen LogP contribution in [0.4, 0.5) is 0 Å². The number of fused-ring (bicyclic) bond motifs is 1. The van der Waals surface area contributed by atoms with Crippen LogP contribution in [-0.2, 0) is 11.3 Å². The average Bonchev–Trinajstić information content (AvgIpc) is 3.26. The van der Waals surface area contributed by atoms with Gasteiger partial charge in [0.2, 0.25) is 0 Å². The first kappa shape index (κ1) is 16.1. The van der Waals surface area contributed by atoms with Crippen molar-refractivity contribution in [1.82, 2.24) is 10.2 Å².